The molecule has 9 nitrogen and oxygen atoms in total. The molecule has 166 valence electrons. The van der Waals surface area contributed by atoms with Gasteiger partial charge in [0.25, 0.3) is 5.91 Å². The third kappa shape index (κ3) is 3.49. The summed E-state index contributed by atoms with van der Waals surface area (Å²) >= 11 is 0. The van der Waals surface area contributed by atoms with E-state index in [1.165, 1.54) is 37.3 Å². The number of halogens is 1. The van der Waals surface area contributed by atoms with E-state index in [9.17, 15) is 14.0 Å². The van der Waals surface area contributed by atoms with Crippen LogP contribution in [0.2, 0.25) is 0 Å². The zero-order valence-corrected chi connectivity index (χ0v) is 17.5. The van der Waals surface area contributed by atoms with Crippen molar-refractivity contribution in [2.24, 2.45) is 11.5 Å². The van der Waals surface area contributed by atoms with E-state index >= 15 is 0 Å². The van der Waals surface area contributed by atoms with Crippen molar-refractivity contribution in [2.45, 2.75) is 12.6 Å². The van der Waals surface area contributed by atoms with Crippen molar-refractivity contribution in [3.8, 4) is 22.8 Å². The van der Waals surface area contributed by atoms with Crippen molar-refractivity contribution in [2.75, 3.05) is 20.8 Å². The maximum atomic E-state index is 13.9. The van der Waals surface area contributed by atoms with Gasteiger partial charge in [-0.25, -0.2) is 9.18 Å². The number of nitrogens with two attached hydrogens (primary N) is 2. The first-order valence-electron chi connectivity index (χ1n) is 9.80. The highest BCUT2D eigenvalue weighted by molar-refractivity contribution is 6.00. The van der Waals surface area contributed by atoms with Gasteiger partial charge in [-0.15, -0.1) is 0 Å². The number of carbonyl (C=O) groups excluding carboxylic acids is 2. The molecule has 1 unspecified atom stereocenters. The summed E-state index contributed by atoms with van der Waals surface area (Å²) in [6, 6.07) is 9.45. The zero-order valence-electron chi connectivity index (χ0n) is 17.5. The normalized spacial score (nSPS) is 15.2. The fourth-order valence-corrected chi connectivity index (χ4v) is 4.08. The Morgan fingerprint density at radius 1 is 1.06 bits per heavy atom. The van der Waals surface area contributed by atoms with Gasteiger partial charge in [-0.2, -0.15) is 5.10 Å². The van der Waals surface area contributed by atoms with E-state index < -0.39 is 23.8 Å². The molecule has 10 heteroatoms. The van der Waals surface area contributed by atoms with E-state index in [2.05, 4.69) is 5.10 Å². The van der Waals surface area contributed by atoms with Crippen LogP contribution in [0.4, 0.5) is 9.18 Å². The van der Waals surface area contributed by atoms with Crippen LogP contribution in [0.1, 0.15) is 27.7 Å². The smallest absolute Gasteiger partial charge is 0.315 e. The number of nitrogens with zero attached hydrogens (tertiary/aromatic N) is 3. The first-order valence-corrected chi connectivity index (χ1v) is 9.80. The van der Waals surface area contributed by atoms with Gasteiger partial charge in [0.2, 0.25) is 0 Å². The lowest BCUT2D eigenvalue weighted by atomic mass is 9.94. The minimum atomic E-state index is -0.765. The van der Waals surface area contributed by atoms with Crippen LogP contribution in [-0.4, -0.2) is 47.4 Å². The van der Waals surface area contributed by atoms with Crippen molar-refractivity contribution in [1.29, 1.82) is 0 Å². The number of urea groups is 1. The van der Waals surface area contributed by atoms with Gasteiger partial charge >= 0.3 is 6.03 Å². The average molecular weight is 439 g/mol. The number of aromatic nitrogens is 2. The third-order valence-electron chi connectivity index (χ3n) is 5.47. The number of benzene rings is 2. The van der Waals surface area contributed by atoms with Gasteiger partial charge in [0.05, 0.1) is 32.0 Å². The van der Waals surface area contributed by atoms with Gasteiger partial charge in [0.15, 0.2) is 11.5 Å². The largest absolute Gasteiger partial charge is 0.493 e. The molecular formula is C22H22FN5O4. The number of rotatable bonds is 5. The topological polar surface area (TPSA) is 126 Å². The van der Waals surface area contributed by atoms with Gasteiger partial charge in [-0.05, 0) is 29.8 Å². The predicted octanol–water partition coefficient (Wildman–Crippen LogP) is 2.29. The molecule has 4 rings (SSSR count). The molecule has 0 radical (unpaired) electrons. The number of carbonyl (C=O) groups is 2. The summed E-state index contributed by atoms with van der Waals surface area (Å²) in [6.45, 7) is 0.543. The molecule has 1 aliphatic heterocycles. The van der Waals surface area contributed by atoms with Crippen molar-refractivity contribution in [3.63, 3.8) is 0 Å². The van der Waals surface area contributed by atoms with Gasteiger partial charge in [-0.1, -0.05) is 18.2 Å². The second-order valence-corrected chi connectivity index (χ2v) is 7.26. The lowest BCUT2D eigenvalue weighted by Gasteiger charge is -2.36. The summed E-state index contributed by atoms with van der Waals surface area (Å²) in [6.07, 6.45) is 0. The Labute approximate surface area is 183 Å². The fraction of sp³-hybridized carbons (Fsp3) is 0.227. The monoisotopic (exact) mass is 439 g/mol. The van der Waals surface area contributed by atoms with E-state index in [1.807, 2.05) is 0 Å². The van der Waals surface area contributed by atoms with Crippen molar-refractivity contribution >= 4 is 11.9 Å². The molecule has 0 bridgehead atoms. The molecule has 2 aromatic carbocycles. The van der Waals surface area contributed by atoms with Gasteiger partial charge in [-0.3, -0.25) is 9.48 Å². The van der Waals surface area contributed by atoms with Crippen LogP contribution in [0, 0.1) is 5.82 Å². The van der Waals surface area contributed by atoms with Crippen LogP contribution in [0.25, 0.3) is 11.3 Å². The van der Waals surface area contributed by atoms with E-state index in [0.29, 0.717) is 28.3 Å². The molecule has 0 saturated carbocycles. The molecule has 0 aliphatic carbocycles. The molecule has 3 aromatic rings. The lowest BCUT2D eigenvalue weighted by Crippen LogP contribution is -2.46. The number of hydrogen-bond acceptors (Lipinski definition) is 5. The summed E-state index contributed by atoms with van der Waals surface area (Å²) in [5.74, 6) is -0.278. The molecule has 1 atom stereocenters. The molecule has 4 N–H and O–H groups in total. The van der Waals surface area contributed by atoms with Crippen molar-refractivity contribution < 1.29 is 23.5 Å². The summed E-state index contributed by atoms with van der Waals surface area (Å²) in [4.78, 5) is 26.3. The Kier molecular flexibility index (Phi) is 5.43. The second kappa shape index (κ2) is 8.22. The van der Waals surface area contributed by atoms with Crippen LogP contribution in [0.5, 0.6) is 11.5 Å². The average Bonchev–Trinajstić information content (AvgIpc) is 3.18. The number of fused-ring (bicyclic) bond motifs is 1. The van der Waals surface area contributed by atoms with Gasteiger partial charge in [0.1, 0.15) is 17.6 Å². The van der Waals surface area contributed by atoms with Crippen LogP contribution < -0.4 is 20.9 Å². The Balaban J connectivity index is 1.97. The zero-order chi connectivity index (χ0) is 23.0. The molecular weight excluding hydrogens is 417 g/mol. The molecule has 0 saturated heterocycles. The highest BCUT2D eigenvalue weighted by atomic mass is 19.1. The Morgan fingerprint density at radius 3 is 2.44 bits per heavy atom. The maximum absolute atomic E-state index is 13.9. The molecule has 1 aliphatic rings. The standard InChI is InChI=1S/C22H22FN5O4/c1-31-15-7-6-13(11-16(15)32-2)19-20-17(21(24)29)18(12-4-3-5-14(23)10-12)26-28(20)9-8-27(19)22(25)30/h3-7,10-11,19H,8-9H2,1-2H3,(H2,24,29)(H2,25,30). The summed E-state index contributed by atoms with van der Waals surface area (Å²) in [5.41, 5.74) is 13.2. The third-order valence-corrected chi connectivity index (χ3v) is 5.47. The summed E-state index contributed by atoms with van der Waals surface area (Å²) < 4.78 is 26.2. The molecule has 2 heterocycles. The highest BCUT2D eigenvalue weighted by Crippen LogP contribution is 2.40. The first kappa shape index (κ1) is 21.2. The summed E-state index contributed by atoms with van der Waals surface area (Å²) in [7, 11) is 3.01. The van der Waals surface area contributed by atoms with Crippen LogP contribution in [0.15, 0.2) is 42.5 Å². The first-order chi connectivity index (χ1) is 15.3. The van der Waals surface area contributed by atoms with E-state index in [0.717, 1.165) is 0 Å². The maximum Gasteiger partial charge on any atom is 0.315 e. The van der Waals surface area contributed by atoms with E-state index in [4.69, 9.17) is 20.9 Å². The minimum absolute atomic E-state index is 0.0985. The van der Waals surface area contributed by atoms with Gasteiger partial charge in [0, 0.05) is 12.1 Å². The van der Waals surface area contributed by atoms with Crippen LogP contribution in [0.3, 0.4) is 0 Å². The SMILES string of the molecule is COc1ccc(C2c3c(C(N)=O)c(-c4cccc(F)c4)nn3CCN2C(N)=O)cc1OC. The number of hydrogen-bond donors (Lipinski definition) is 2. The lowest BCUT2D eigenvalue weighted by molar-refractivity contribution is 0.0995. The number of amides is 3. The van der Waals surface area contributed by atoms with E-state index in [-0.39, 0.29) is 24.3 Å². The minimum Gasteiger partial charge on any atom is -0.493 e. The number of methoxy groups -OCH3 is 2. The molecule has 1 aromatic heterocycles. The molecule has 3 amide bonds. The van der Waals surface area contributed by atoms with Crippen LogP contribution >= 0.6 is 0 Å². The Bertz CT molecular complexity index is 1210. The van der Waals surface area contributed by atoms with Crippen molar-refractivity contribution in [1.82, 2.24) is 14.7 Å². The quantitative estimate of drug-likeness (QED) is 0.631. The van der Waals surface area contributed by atoms with E-state index in [1.54, 1.807) is 28.9 Å². The molecule has 0 fully saturated rings. The fourth-order valence-electron chi connectivity index (χ4n) is 4.08. The van der Waals surface area contributed by atoms with Crippen LogP contribution in [-0.2, 0) is 6.54 Å². The van der Waals surface area contributed by atoms with Gasteiger partial charge < -0.3 is 25.8 Å². The number of primary amides is 2. The highest BCUT2D eigenvalue weighted by Gasteiger charge is 2.38. The Morgan fingerprint density at radius 2 is 1.81 bits per heavy atom. The predicted molar refractivity (Wildman–Crippen MR) is 114 cm³/mol. The van der Waals surface area contributed by atoms with Crippen molar-refractivity contribution in [3.05, 3.63) is 65.1 Å². The second-order valence-electron chi connectivity index (χ2n) is 7.26. The summed E-state index contributed by atoms with van der Waals surface area (Å²) in [5, 5.41) is 4.54. The Hall–Kier alpha value is -4.08. The number of ether oxygens (including phenoxy) is 2. The molecule has 32 heavy (non-hydrogen) atoms. The molecule has 0 spiro atoms.